The maximum Gasteiger partial charge on any atom is 0.448 e. The van der Waals surface area contributed by atoms with Crippen LogP contribution in [-0.2, 0) is 0 Å². The lowest BCUT2D eigenvalue weighted by molar-refractivity contribution is -0.317. The minimum absolute atomic E-state index is 0.0471. The Kier molecular flexibility index (Phi) is 6.79. The summed E-state index contributed by atoms with van der Waals surface area (Å²) in [5.41, 5.74) is 1.16. The smallest absolute Gasteiger partial charge is 0.390 e. The van der Waals surface area contributed by atoms with Crippen molar-refractivity contribution in [2.24, 2.45) is 40.9 Å². The Hall–Kier alpha value is -0.620. The highest BCUT2D eigenvalue weighted by Gasteiger charge is 2.57. The van der Waals surface area contributed by atoms with E-state index in [4.69, 9.17) is 5.11 Å². The Labute approximate surface area is 196 Å². The van der Waals surface area contributed by atoms with E-state index < -0.39 is 24.1 Å². The van der Waals surface area contributed by atoms with E-state index in [0.29, 0.717) is 36.0 Å². The van der Waals surface area contributed by atoms with Crippen LogP contribution in [0, 0.1) is 40.9 Å². The molecule has 3 fully saturated rings. The van der Waals surface area contributed by atoms with Crippen LogP contribution in [0.15, 0.2) is 11.6 Å². The van der Waals surface area contributed by atoms with E-state index in [1.807, 2.05) is 0 Å². The van der Waals surface area contributed by atoms with Crippen molar-refractivity contribution in [1.82, 2.24) is 0 Å². The zero-order valence-corrected chi connectivity index (χ0v) is 20.4. The molecule has 4 rings (SSSR count). The molecule has 3 saturated carbocycles. The van der Waals surface area contributed by atoms with E-state index in [9.17, 15) is 22.7 Å². The molecule has 0 aromatic heterocycles. The van der Waals surface area contributed by atoms with E-state index in [1.54, 1.807) is 0 Å². The molecule has 2 nitrogen and oxygen atoms in total. The van der Waals surface area contributed by atoms with Crippen molar-refractivity contribution in [1.29, 1.82) is 0 Å². The Morgan fingerprint density at radius 3 is 2.48 bits per heavy atom. The zero-order chi connectivity index (χ0) is 24.2. The van der Waals surface area contributed by atoms with Crippen molar-refractivity contribution in [3.63, 3.8) is 0 Å². The summed E-state index contributed by atoms with van der Waals surface area (Å²) in [5, 5.41) is 20.0. The van der Waals surface area contributed by atoms with Crippen LogP contribution in [0.1, 0.15) is 97.8 Å². The number of halogens is 4. The molecule has 0 amide bonds. The summed E-state index contributed by atoms with van der Waals surface area (Å²) in [4.78, 5) is 0. The van der Waals surface area contributed by atoms with Crippen molar-refractivity contribution >= 4 is 0 Å². The number of aliphatic hydroxyl groups is 2. The summed E-state index contributed by atoms with van der Waals surface area (Å²) in [7, 11) is 0. The van der Waals surface area contributed by atoms with Crippen LogP contribution in [0.5, 0.6) is 0 Å². The van der Waals surface area contributed by atoms with Crippen LogP contribution in [-0.4, -0.2) is 27.8 Å². The molecule has 0 aromatic rings. The van der Waals surface area contributed by atoms with Crippen LogP contribution >= 0.6 is 0 Å². The van der Waals surface area contributed by atoms with Crippen molar-refractivity contribution in [2.45, 2.75) is 115 Å². The number of fused-ring (bicyclic) bond motifs is 5. The maximum atomic E-state index is 13.6. The highest BCUT2D eigenvalue weighted by molar-refractivity contribution is 5.22. The predicted molar refractivity (Wildman–Crippen MR) is 121 cm³/mol. The Balaban J connectivity index is 1.40. The lowest BCUT2D eigenvalue weighted by Gasteiger charge is -2.55. The summed E-state index contributed by atoms with van der Waals surface area (Å²) >= 11 is 0. The van der Waals surface area contributed by atoms with Gasteiger partial charge in [-0.3, -0.25) is 0 Å². The average molecular weight is 475 g/mol. The first kappa shape index (κ1) is 25.5. The standard InChI is InChI=1S/C27H42F4O2/c1-4-25(32)15-12-19-18(16-25)7-8-21-20(19)11-14-24(3)22(9-10-23(21)24)17(2)6-5-13-26(28,33)27(29,30)31/h7,17,19-23,32-33H,4-6,8-16H2,1-3H3/t17?,19-,20+,21+,22+,23-,24+,25-,26?/m0/s1. The summed E-state index contributed by atoms with van der Waals surface area (Å²) in [6.07, 6.45) is 6.27. The molecule has 190 valence electrons. The average Bonchev–Trinajstić information content (AvgIpc) is 3.09. The first-order chi connectivity index (χ1) is 15.3. The largest absolute Gasteiger partial charge is 0.448 e. The fraction of sp³-hybridized carbons (Fsp3) is 0.926. The van der Waals surface area contributed by atoms with Crippen molar-refractivity contribution < 1.29 is 27.8 Å². The molecule has 0 radical (unpaired) electrons. The van der Waals surface area contributed by atoms with Crippen molar-refractivity contribution in [2.75, 3.05) is 0 Å². The van der Waals surface area contributed by atoms with Gasteiger partial charge in [0.1, 0.15) is 0 Å². The minimum Gasteiger partial charge on any atom is -0.390 e. The third-order valence-corrected chi connectivity index (χ3v) is 10.6. The first-order valence-corrected chi connectivity index (χ1v) is 13.2. The van der Waals surface area contributed by atoms with Gasteiger partial charge in [0.05, 0.1) is 5.60 Å². The second-order valence-corrected chi connectivity index (χ2v) is 12.2. The minimum atomic E-state index is -5.22. The maximum absolute atomic E-state index is 13.6. The lowest BCUT2D eigenvalue weighted by atomic mass is 9.50. The highest BCUT2D eigenvalue weighted by Crippen LogP contribution is 2.65. The van der Waals surface area contributed by atoms with E-state index in [-0.39, 0.29) is 17.8 Å². The second-order valence-electron chi connectivity index (χ2n) is 12.2. The summed E-state index contributed by atoms with van der Waals surface area (Å²) < 4.78 is 51.5. The fourth-order valence-electron chi connectivity index (χ4n) is 8.64. The third kappa shape index (κ3) is 4.52. The van der Waals surface area contributed by atoms with E-state index in [1.165, 1.54) is 18.4 Å². The van der Waals surface area contributed by atoms with Crippen LogP contribution in [0.25, 0.3) is 0 Å². The predicted octanol–water partition coefficient (Wildman–Crippen LogP) is 7.34. The molecule has 0 bridgehead atoms. The molecule has 0 heterocycles. The molecular weight excluding hydrogens is 432 g/mol. The van der Waals surface area contributed by atoms with Gasteiger partial charge in [0.25, 0.3) is 0 Å². The molecule has 9 atom stereocenters. The van der Waals surface area contributed by atoms with Gasteiger partial charge >= 0.3 is 12.0 Å². The van der Waals surface area contributed by atoms with Crippen LogP contribution in [0.2, 0.25) is 0 Å². The summed E-state index contributed by atoms with van der Waals surface area (Å²) in [6.45, 7) is 6.59. The van der Waals surface area contributed by atoms with Gasteiger partial charge in [0, 0.05) is 6.42 Å². The zero-order valence-electron chi connectivity index (χ0n) is 20.4. The lowest BCUT2D eigenvalue weighted by Crippen LogP contribution is -2.48. The van der Waals surface area contributed by atoms with Crippen LogP contribution < -0.4 is 0 Å². The Morgan fingerprint density at radius 1 is 1.09 bits per heavy atom. The topological polar surface area (TPSA) is 40.5 Å². The van der Waals surface area contributed by atoms with Gasteiger partial charge in [-0.1, -0.05) is 38.8 Å². The molecule has 0 saturated heterocycles. The monoisotopic (exact) mass is 474 g/mol. The Bertz CT molecular complexity index is 747. The molecule has 33 heavy (non-hydrogen) atoms. The summed E-state index contributed by atoms with van der Waals surface area (Å²) in [6, 6.07) is 0. The van der Waals surface area contributed by atoms with Crippen molar-refractivity contribution in [3.8, 4) is 0 Å². The van der Waals surface area contributed by atoms with Gasteiger partial charge in [-0.15, -0.1) is 0 Å². The molecule has 0 aliphatic heterocycles. The van der Waals surface area contributed by atoms with E-state index >= 15 is 0 Å². The van der Waals surface area contributed by atoms with Crippen molar-refractivity contribution in [3.05, 3.63) is 11.6 Å². The van der Waals surface area contributed by atoms with Gasteiger partial charge in [0.2, 0.25) is 0 Å². The van der Waals surface area contributed by atoms with Gasteiger partial charge in [0.15, 0.2) is 0 Å². The number of allylic oxidation sites excluding steroid dienone is 1. The molecule has 2 N–H and O–H groups in total. The molecule has 4 aliphatic rings. The first-order valence-electron chi connectivity index (χ1n) is 13.2. The SMILES string of the molecule is CC[C@]1(O)CC[C@H]2C(=CC[C@@H]3[C@@H]2CC[C@]2(C)[C@@H](C(C)CCCC(O)(F)C(F)(F)F)CC[C@@H]32)C1. The number of alkyl halides is 4. The highest BCUT2D eigenvalue weighted by atomic mass is 19.4. The van der Waals surface area contributed by atoms with Crippen LogP contribution in [0.3, 0.4) is 0 Å². The molecular formula is C27H42F4O2. The van der Waals surface area contributed by atoms with Crippen LogP contribution in [0.4, 0.5) is 17.6 Å². The quantitative estimate of drug-likeness (QED) is 0.312. The molecule has 0 aromatic carbocycles. The third-order valence-electron chi connectivity index (χ3n) is 10.6. The van der Waals surface area contributed by atoms with Gasteiger partial charge in [-0.25, -0.2) is 4.39 Å². The summed E-state index contributed by atoms with van der Waals surface area (Å²) in [5.74, 6) is -0.782. The fourth-order valence-corrected chi connectivity index (χ4v) is 8.64. The molecule has 6 heteroatoms. The van der Waals surface area contributed by atoms with E-state index in [0.717, 1.165) is 44.9 Å². The molecule has 4 aliphatic carbocycles. The second kappa shape index (κ2) is 8.80. The van der Waals surface area contributed by atoms with Gasteiger partial charge in [-0.05, 0) is 105 Å². The number of hydrogen-bond donors (Lipinski definition) is 2. The van der Waals surface area contributed by atoms with E-state index in [2.05, 4.69) is 26.8 Å². The Morgan fingerprint density at radius 2 is 1.82 bits per heavy atom. The number of rotatable bonds is 6. The number of hydrogen-bond acceptors (Lipinski definition) is 2. The molecule has 0 spiro atoms. The normalized spacial score (nSPS) is 43.7. The van der Waals surface area contributed by atoms with Gasteiger partial charge < -0.3 is 10.2 Å². The van der Waals surface area contributed by atoms with Gasteiger partial charge in [-0.2, -0.15) is 13.2 Å². The molecule has 2 unspecified atom stereocenters.